The standard InChI is InChI=1S/C6H11F2NO3/c1-9(4-5(7)8)6(11)12-3-2-10/h5,10H,2-4H2,1H3. The third kappa shape index (κ3) is 4.84. The summed E-state index contributed by atoms with van der Waals surface area (Å²) in [7, 11) is 1.20. The van der Waals surface area contributed by atoms with Gasteiger partial charge in [0.15, 0.2) is 0 Å². The van der Waals surface area contributed by atoms with Crippen molar-refractivity contribution in [3.63, 3.8) is 0 Å². The van der Waals surface area contributed by atoms with Crippen LogP contribution < -0.4 is 0 Å². The molecule has 0 rings (SSSR count). The van der Waals surface area contributed by atoms with Gasteiger partial charge in [0, 0.05) is 7.05 Å². The highest BCUT2D eigenvalue weighted by Gasteiger charge is 2.14. The fourth-order valence-electron chi connectivity index (χ4n) is 0.525. The Morgan fingerprint density at radius 1 is 1.67 bits per heavy atom. The number of carbonyl (C=O) groups excluding carboxylic acids is 1. The lowest BCUT2D eigenvalue weighted by Crippen LogP contribution is -2.32. The van der Waals surface area contributed by atoms with E-state index in [9.17, 15) is 13.6 Å². The summed E-state index contributed by atoms with van der Waals surface area (Å²) in [6.45, 7) is -1.15. The molecule has 72 valence electrons. The predicted octanol–water partition coefficient (Wildman–Crippen LogP) is 0.312. The molecule has 0 heterocycles. The lowest BCUT2D eigenvalue weighted by molar-refractivity contribution is 0.0621. The summed E-state index contributed by atoms with van der Waals surface area (Å²) in [5.74, 6) is 0. The maximum Gasteiger partial charge on any atom is 0.409 e. The van der Waals surface area contributed by atoms with Gasteiger partial charge in [0.2, 0.25) is 0 Å². The largest absolute Gasteiger partial charge is 0.447 e. The first kappa shape index (κ1) is 11.1. The Bertz CT molecular complexity index is 143. The van der Waals surface area contributed by atoms with E-state index in [1.54, 1.807) is 0 Å². The second-order valence-electron chi connectivity index (χ2n) is 2.11. The lowest BCUT2D eigenvalue weighted by Gasteiger charge is -2.15. The normalized spacial score (nSPS) is 10.1. The average Bonchev–Trinajstić information content (AvgIpc) is 1.98. The molecule has 0 fully saturated rings. The van der Waals surface area contributed by atoms with E-state index in [1.807, 2.05) is 0 Å². The minimum Gasteiger partial charge on any atom is -0.447 e. The van der Waals surface area contributed by atoms with Gasteiger partial charge in [-0.05, 0) is 0 Å². The van der Waals surface area contributed by atoms with Crippen LogP contribution >= 0.6 is 0 Å². The number of hydrogen-bond acceptors (Lipinski definition) is 3. The highest BCUT2D eigenvalue weighted by molar-refractivity contribution is 5.67. The third-order valence-electron chi connectivity index (χ3n) is 1.04. The highest BCUT2D eigenvalue weighted by atomic mass is 19.3. The Balaban J connectivity index is 3.61. The number of ether oxygens (including phenoxy) is 1. The van der Waals surface area contributed by atoms with E-state index >= 15 is 0 Å². The molecule has 6 heteroatoms. The summed E-state index contributed by atoms with van der Waals surface area (Å²) >= 11 is 0. The van der Waals surface area contributed by atoms with Gasteiger partial charge in [-0.1, -0.05) is 0 Å². The van der Waals surface area contributed by atoms with Crippen LogP contribution in [0.4, 0.5) is 13.6 Å². The number of halogens is 2. The van der Waals surface area contributed by atoms with Crippen molar-refractivity contribution in [1.29, 1.82) is 0 Å². The van der Waals surface area contributed by atoms with Crippen molar-refractivity contribution in [2.24, 2.45) is 0 Å². The molecule has 0 aromatic rings. The van der Waals surface area contributed by atoms with Crippen molar-refractivity contribution in [2.45, 2.75) is 6.43 Å². The molecule has 0 aromatic carbocycles. The first-order chi connectivity index (χ1) is 5.57. The average molecular weight is 183 g/mol. The number of carbonyl (C=O) groups is 1. The minimum absolute atomic E-state index is 0.174. The van der Waals surface area contributed by atoms with Gasteiger partial charge in [-0.15, -0.1) is 0 Å². The molecule has 0 saturated carbocycles. The second kappa shape index (κ2) is 5.70. The Kier molecular flexibility index (Phi) is 5.27. The molecule has 1 amide bonds. The fourth-order valence-corrected chi connectivity index (χ4v) is 0.525. The number of rotatable bonds is 4. The maximum absolute atomic E-state index is 11.7. The molecule has 0 aliphatic rings. The van der Waals surface area contributed by atoms with Crippen molar-refractivity contribution in [3.8, 4) is 0 Å². The second-order valence-corrected chi connectivity index (χ2v) is 2.11. The van der Waals surface area contributed by atoms with Gasteiger partial charge in [-0.3, -0.25) is 0 Å². The molecule has 4 nitrogen and oxygen atoms in total. The molecule has 0 aromatic heterocycles. The minimum atomic E-state index is -2.57. The van der Waals surface area contributed by atoms with E-state index in [1.165, 1.54) is 7.05 Å². The van der Waals surface area contributed by atoms with Crippen molar-refractivity contribution >= 4 is 6.09 Å². The molecule has 0 radical (unpaired) electrons. The van der Waals surface area contributed by atoms with Crippen LogP contribution in [0.1, 0.15) is 0 Å². The first-order valence-electron chi connectivity index (χ1n) is 3.34. The fraction of sp³-hybridized carbons (Fsp3) is 0.833. The van der Waals surface area contributed by atoms with E-state index in [-0.39, 0.29) is 13.2 Å². The first-order valence-corrected chi connectivity index (χ1v) is 3.34. The maximum atomic E-state index is 11.7. The number of alkyl halides is 2. The summed E-state index contributed by atoms with van der Waals surface area (Å²) in [6.07, 6.45) is -3.43. The molecule has 0 unspecified atom stereocenters. The van der Waals surface area contributed by atoms with Crippen LogP contribution in [0, 0.1) is 0 Å². The molecule has 0 atom stereocenters. The summed E-state index contributed by atoms with van der Waals surface area (Å²) in [4.78, 5) is 11.4. The third-order valence-corrected chi connectivity index (χ3v) is 1.04. The van der Waals surface area contributed by atoms with Crippen molar-refractivity contribution in [3.05, 3.63) is 0 Å². The number of hydrogen-bond donors (Lipinski definition) is 1. The van der Waals surface area contributed by atoms with Crippen LogP contribution in [-0.2, 0) is 4.74 Å². The van der Waals surface area contributed by atoms with Gasteiger partial charge < -0.3 is 14.7 Å². The van der Waals surface area contributed by atoms with Crippen molar-refractivity contribution in [1.82, 2.24) is 4.90 Å². The SMILES string of the molecule is CN(CC(F)F)C(=O)OCCO. The lowest BCUT2D eigenvalue weighted by atomic mass is 10.6. The van der Waals surface area contributed by atoms with Crippen molar-refractivity contribution in [2.75, 3.05) is 26.8 Å². The van der Waals surface area contributed by atoms with E-state index < -0.39 is 19.1 Å². The molecule has 12 heavy (non-hydrogen) atoms. The Morgan fingerprint density at radius 2 is 2.25 bits per heavy atom. The van der Waals surface area contributed by atoms with E-state index in [4.69, 9.17) is 5.11 Å². The molecule has 0 saturated heterocycles. The van der Waals surface area contributed by atoms with Gasteiger partial charge in [-0.2, -0.15) is 0 Å². The molecule has 0 bridgehead atoms. The molecule has 1 N–H and O–H groups in total. The van der Waals surface area contributed by atoms with Gasteiger partial charge in [0.1, 0.15) is 6.61 Å². The zero-order chi connectivity index (χ0) is 9.56. The molecule has 0 spiro atoms. The molecular weight excluding hydrogens is 172 g/mol. The van der Waals surface area contributed by atoms with Gasteiger partial charge in [0.25, 0.3) is 6.43 Å². The molecular formula is C6H11F2NO3. The summed E-state index contributed by atoms with van der Waals surface area (Å²) in [5, 5.41) is 8.23. The summed E-state index contributed by atoms with van der Waals surface area (Å²) in [5.41, 5.74) is 0. The Hall–Kier alpha value is -0.910. The van der Waals surface area contributed by atoms with Crippen LogP contribution in [-0.4, -0.2) is 49.3 Å². The van der Waals surface area contributed by atoms with Crippen LogP contribution in [0.2, 0.25) is 0 Å². The monoisotopic (exact) mass is 183 g/mol. The smallest absolute Gasteiger partial charge is 0.409 e. The number of aliphatic hydroxyl groups is 1. The topological polar surface area (TPSA) is 49.8 Å². The predicted molar refractivity (Wildman–Crippen MR) is 37.1 cm³/mol. The Labute approximate surface area is 68.7 Å². The van der Waals surface area contributed by atoms with Crippen molar-refractivity contribution < 1.29 is 23.4 Å². The van der Waals surface area contributed by atoms with Gasteiger partial charge >= 0.3 is 6.09 Å². The van der Waals surface area contributed by atoms with Gasteiger partial charge in [0.05, 0.1) is 13.2 Å². The number of amides is 1. The van der Waals surface area contributed by atoms with Crippen LogP contribution in [0.3, 0.4) is 0 Å². The summed E-state index contributed by atoms with van der Waals surface area (Å²) in [6, 6.07) is 0. The van der Waals surface area contributed by atoms with Crippen LogP contribution in [0.5, 0.6) is 0 Å². The van der Waals surface area contributed by atoms with Gasteiger partial charge in [-0.25, -0.2) is 13.6 Å². The highest BCUT2D eigenvalue weighted by Crippen LogP contribution is 1.97. The van der Waals surface area contributed by atoms with Crippen LogP contribution in [0.15, 0.2) is 0 Å². The summed E-state index contributed by atoms with van der Waals surface area (Å²) < 4.78 is 27.7. The quantitative estimate of drug-likeness (QED) is 0.682. The Morgan fingerprint density at radius 3 is 2.67 bits per heavy atom. The molecule has 0 aliphatic heterocycles. The van der Waals surface area contributed by atoms with E-state index in [2.05, 4.69) is 4.74 Å². The van der Waals surface area contributed by atoms with Crippen LogP contribution in [0.25, 0.3) is 0 Å². The zero-order valence-electron chi connectivity index (χ0n) is 6.67. The number of aliphatic hydroxyl groups excluding tert-OH is 1. The van der Waals surface area contributed by atoms with E-state index in [0.717, 1.165) is 4.90 Å². The van der Waals surface area contributed by atoms with E-state index in [0.29, 0.717) is 0 Å². The number of nitrogens with zero attached hydrogens (tertiary/aromatic N) is 1. The molecule has 0 aliphatic carbocycles. The zero-order valence-corrected chi connectivity index (χ0v) is 6.67.